The number of carbonyl (C=O) groups is 3. The van der Waals surface area contributed by atoms with Gasteiger partial charge in [0, 0.05) is 23.8 Å². The second kappa shape index (κ2) is 7.94. The number of aliphatic hydroxyl groups is 2. The summed E-state index contributed by atoms with van der Waals surface area (Å²) in [6, 6.07) is 4.24. The van der Waals surface area contributed by atoms with E-state index in [1.54, 1.807) is 0 Å². The van der Waals surface area contributed by atoms with Gasteiger partial charge in [-0.25, -0.2) is 0 Å². The van der Waals surface area contributed by atoms with E-state index in [-0.39, 0.29) is 22.7 Å². The molecule has 2 atom stereocenters. The zero-order valence-electron chi connectivity index (χ0n) is 11.0. The first-order valence-electron chi connectivity index (χ1n) is 6.02. The average Bonchev–Trinajstić information content (AvgIpc) is 2.45. The monoisotopic (exact) mass is 296 g/mol. The van der Waals surface area contributed by atoms with Crippen LogP contribution in [-0.4, -0.2) is 39.8 Å². The smallest absolute Gasteiger partial charge is 0.185 e. The Bertz CT molecular complexity index is 474. The Balaban J connectivity index is 2.79. The molecule has 5 nitrogen and oxygen atoms in total. The molecule has 0 aliphatic carbocycles. The van der Waals surface area contributed by atoms with Crippen LogP contribution in [0.4, 0.5) is 0 Å². The summed E-state index contributed by atoms with van der Waals surface area (Å²) in [6.07, 6.45) is -0.903. The van der Waals surface area contributed by atoms with Crippen molar-refractivity contribution in [3.05, 3.63) is 34.9 Å². The van der Waals surface area contributed by atoms with Crippen LogP contribution in [0, 0.1) is 0 Å². The lowest BCUT2D eigenvalue weighted by Crippen LogP contribution is -2.19. The molecule has 0 heterocycles. The van der Waals surface area contributed by atoms with E-state index in [0.717, 1.165) is 11.8 Å². The molecule has 2 N–H and O–H groups in total. The molecule has 0 fully saturated rings. The molecule has 0 saturated carbocycles. The Labute approximate surface area is 121 Å². The third kappa shape index (κ3) is 4.88. The first-order chi connectivity index (χ1) is 9.47. The van der Waals surface area contributed by atoms with Crippen molar-refractivity contribution in [2.24, 2.45) is 0 Å². The highest BCUT2D eigenvalue weighted by molar-refractivity contribution is 8.13. The van der Waals surface area contributed by atoms with Crippen LogP contribution in [0.15, 0.2) is 18.2 Å². The summed E-state index contributed by atoms with van der Waals surface area (Å²) in [5.41, 5.74) is 0.819. The molecule has 0 aliphatic rings. The van der Waals surface area contributed by atoms with Gasteiger partial charge in [0.15, 0.2) is 5.12 Å². The minimum absolute atomic E-state index is 0.0575. The molecular weight excluding hydrogens is 280 g/mol. The molecular formula is C14H16O5S. The highest BCUT2D eigenvalue weighted by Gasteiger charge is 2.19. The molecule has 1 aromatic carbocycles. The Morgan fingerprint density at radius 3 is 2.20 bits per heavy atom. The summed E-state index contributed by atoms with van der Waals surface area (Å²) in [7, 11) is 0. The minimum Gasteiger partial charge on any atom is -0.390 e. The molecule has 0 aromatic heterocycles. The van der Waals surface area contributed by atoms with Crippen LogP contribution in [0.1, 0.15) is 45.7 Å². The third-order valence-electron chi connectivity index (χ3n) is 2.70. The van der Waals surface area contributed by atoms with Gasteiger partial charge in [0.25, 0.3) is 0 Å². The fraction of sp³-hybridized carbons (Fsp3) is 0.357. The van der Waals surface area contributed by atoms with E-state index in [4.69, 9.17) is 0 Å². The number of aliphatic hydroxyl groups excluding tert-OH is 2. The van der Waals surface area contributed by atoms with Gasteiger partial charge in [-0.3, -0.25) is 14.4 Å². The molecule has 0 radical (unpaired) electrons. The molecule has 6 heteroatoms. The lowest BCUT2D eigenvalue weighted by molar-refractivity contribution is -0.109. The molecule has 0 aliphatic heterocycles. The first-order valence-corrected chi connectivity index (χ1v) is 7.01. The van der Waals surface area contributed by atoms with Crippen LogP contribution in [0.5, 0.6) is 0 Å². The van der Waals surface area contributed by atoms with Crippen molar-refractivity contribution in [3.8, 4) is 0 Å². The fourth-order valence-electron chi connectivity index (χ4n) is 1.71. The molecule has 1 aromatic rings. The highest BCUT2D eigenvalue weighted by Crippen LogP contribution is 2.22. The highest BCUT2D eigenvalue weighted by atomic mass is 32.2. The molecule has 20 heavy (non-hydrogen) atoms. The molecule has 108 valence electrons. The van der Waals surface area contributed by atoms with Crippen molar-refractivity contribution < 1.29 is 24.6 Å². The third-order valence-corrected chi connectivity index (χ3v) is 3.54. The van der Waals surface area contributed by atoms with Crippen molar-refractivity contribution in [2.45, 2.75) is 25.6 Å². The predicted octanol–water partition coefficient (Wildman–Crippen LogP) is 1.38. The predicted molar refractivity (Wildman–Crippen MR) is 75.9 cm³/mol. The number of benzene rings is 1. The van der Waals surface area contributed by atoms with Gasteiger partial charge in [-0.1, -0.05) is 11.8 Å². The van der Waals surface area contributed by atoms with E-state index in [9.17, 15) is 24.6 Å². The molecule has 0 amide bonds. The van der Waals surface area contributed by atoms with Gasteiger partial charge in [0.05, 0.1) is 6.10 Å². The van der Waals surface area contributed by atoms with Crippen LogP contribution in [0.25, 0.3) is 0 Å². The van der Waals surface area contributed by atoms with E-state index >= 15 is 0 Å². The molecule has 0 spiro atoms. The molecule has 0 bridgehead atoms. The normalized spacial score (nSPS) is 13.6. The number of rotatable bonds is 7. The van der Waals surface area contributed by atoms with Crippen LogP contribution >= 0.6 is 11.8 Å². The molecule has 1 rings (SSSR count). The molecule has 0 saturated heterocycles. The van der Waals surface area contributed by atoms with Gasteiger partial charge in [0.2, 0.25) is 0 Å². The van der Waals surface area contributed by atoms with Crippen molar-refractivity contribution in [3.63, 3.8) is 0 Å². The van der Waals surface area contributed by atoms with E-state index < -0.39 is 12.2 Å². The largest absolute Gasteiger partial charge is 0.390 e. The van der Waals surface area contributed by atoms with E-state index in [1.165, 1.54) is 25.1 Å². The van der Waals surface area contributed by atoms with Gasteiger partial charge < -0.3 is 10.2 Å². The van der Waals surface area contributed by atoms with Crippen LogP contribution in [0.3, 0.4) is 0 Å². The van der Waals surface area contributed by atoms with Gasteiger partial charge in [-0.05, 0) is 30.2 Å². The standard InChI is InChI=1S/C14H16O5S/c1-9(17)20-3-2-13(18)14(19)12-5-10(7-15)4-11(6-12)8-16/h4-8,13-14,18-19H,2-3H2,1H3. The lowest BCUT2D eigenvalue weighted by atomic mass is 9.98. The first kappa shape index (κ1) is 16.6. The van der Waals surface area contributed by atoms with Crippen LogP contribution in [0.2, 0.25) is 0 Å². The minimum atomic E-state index is -1.21. The maximum absolute atomic E-state index is 10.8. The second-order valence-electron chi connectivity index (χ2n) is 4.31. The van der Waals surface area contributed by atoms with Gasteiger partial charge in [-0.2, -0.15) is 0 Å². The maximum atomic E-state index is 10.8. The SMILES string of the molecule is CC(=O)SCCC(O)C(O)c1cc(C=O)cc(C=O)c1. The summed E-state index contributed by atoms with van der Waals surface area (Å²) in [5.74, 6) is 0.390. The van der Waals surface area contributed by atoms with E-state index in [0.29, 0.717) is 23.9 Å². The Hall–Kier alpha value is -1.50. The van der Waals surface area contributed by atoms with Crippen molar-refractivity contribution >= 4 is 29.4 Å². The second-order valence-corrected chi connectivity index (χ2v) is 5.58. The van der Waals surface area contributed by atoms with Crippen molar-refractivity contribution in [1.29, 1.82) is 0 Å². The number of hydrogen-bond acceptors (Lipinski definition) is 6. The molecule has 2 unspecified atom stereocenters. The van der Waals surface area contributed by atoms with Gasteiger partial charge in [0.1, 0.15) is 18.7 Å². The van der Waals surface area contributed by atoms with Crippen molar-refractivity contribution in [2.75, 3.05) is 5.75 Å². The summed E-state index contributed by atoms with van der Waals surface area (Å²) >= 11 is 1.07. The van der Waals surface area contributed by atoms with E-state index in [2.05, 4.69) is 0 Å². The van der Waals surface area contributed by atoms with Gasteiger partial charge >= 0.3 is 0 Å². The summed E-state index contributed by atoms with van der Waals surface area (Å²) in [4.78, 5) is 32.3. The fourth-order valence-corrected chi connectivity index (χ4v) is 2.36. The number of hydrogen-bond donors (Lipinski definition) is 2. The van der Waals surface area contributed by atoms with E-state index in [1.807, 2.05) is 0 Å². The zero-order valence-corrected chi connectivity index (χ0v) is 11.8. The zero-order chi connectivity index (χ0) is 15.1. The van der Waals surface area contributed by atoms with Gasteiger partial charge in [-0.15, -0.1) is 0 Å². The topological polar surface area (TPSA) is 91.7 Å². The van der Waals surface area contributed by atoms with Crippen molar-refractivity contribution in [1.82, 2.24) is 0 Å². The average molecular weight is 296 g/mol. The summed E-state index contributed by atoms with van der Waals surface area (Å²) in [5, 5.41) is 19.8. The number of carbonyl (C=O) groups excluding carboxylic acids is 3. The summed E-state index contributed by atoms with van der Waals surface area (Å²) in [6.45, 7) is 1.43. The lowest BCUT2D eigenvalue weighted by Gasteiger charge is -2.18. The Morgan fingerprint density at radius 2 is 1.75 bits per heavy atom. The van der Waals surface area contributed by atoms with Crippen LogP contribution < -0.4 is 0 Å². The number of thioether (sulfide) groups is 1. The quantitative estimate of drug-likeness (QED) is 0.738. The Morgan fingerprint density at radius 1 is 1.20 bits per heavy atom. The Kier molecular flexibility index (Phi) is 6.57. The summed E-state index contributed by atoms with van der Waals surface area (Å²) < 4.78 is 0. The van der Waals surface area contributed by atoms with Crippen LogP contribution in [-0.2, 0) is 4.79 Å². The maximum Gasteiger partial charge on any atom is 0.185 e. The number of aldehydes is 2.